The van der Waals surface area contributed by atoms with Crippen LogP contribution in [0.1, 0.15) is 63.4 Å². The van der Waals surface area contributed by atoms with Crippen LogP contribution in [-0.4, -0.2) is 77.5 Å². The maximum Gasteiger partial charge on any atom is 0.364 e. The number of imide groups is 1. The van der Waals surface area contributed by atoms with Gasteiger partial charge in [0.1, 0.15) is 18.7 Å². The lowest BCUT2D eigenvalue weighted by molar-refractivity contribution is -0.137. The number of ether oxygens (including phenoxy) is 1. The van der Waals surface area contributed by atoms with Crippen LogP contribution in [0.2, 0.25) is 0 Å². The van der Waals surface area contributed by atoms with Crippen LogP contribution in [0.5, 0.6) is 0 Å². The van der Waals surface area contributed by atoms with Crippen LogP contribution in [0.4, 0.5) is 15.3 Å². The number of benzene rings is 1. The van der Waals surface area contributed by atoms with Crippen LogP contribution in [-0.2, 0) is 35.3 Å². The summed E-state index contributed by atoms with van der Waals surface area (Å²) in [5.41, 5.74) is 11.8. The maximum absolute atomic E-state index is 13.4. The second-order valence-electron chi connectivity index (χ2n) is 10.6. The second-order valence-corrected chi connectivity index (χ2v) is 11.0. The van der Waals surface area contributed by atoms with Gasteiger partial charge in [0.2, 0.25) is 17.7 Å². The van der Waals surface area contributed by atoms with E-state index in [2.05, 4.69) is 33.9 Å². The van der Waals surface area contributed by atoms with Gasteiger partial charge in [0.15, 0.2) is 0 Å². The van der Waals surface area contributed by atoms with Crippen LogP contribution in [0, 0.1) is 0 Å². The average molecular weight is 662 g/mol. The van der Waals surface area contributed by atoms with E-state index in [1.807, 2.05) is 0 Å². The van der Waals surface area contributed by atoms with Crippen molar-refractivity contribution in [3.8, 4) is 0 Å². The zero-order valence-electron chi connectivity index (χ0n) is 25.6. The number of primary amides is 1. The van der Waals surface area contributed by atoms with Gasteiger partial charge in [-0.1, -0.05) is 31.2 Å². The number of nitrogens with two attached hydrogens (primary N) is 2. The Hall–Kier alpha value is -4.44. The summed E-state index contributed by atoms with van der Waals surface area (Å²) >= 11 is 3.55. The Morgan fingerprint density at radius 1 is 0.826 bits per heavy atom. The monoisotopic (exact) mass is 661 g/mol. The van der Waals surface area contributed by atoms with Gasteiger partial charge < -0.3 is 37.5 Å². The molecule has 46 heavy (non-hydrogen) atoms. The third-order valence-electron chi connectivity index (χ3n) is 6.97. The van der Waals surface area contributed by atoms with Gasteiger partial charge in [-0.25, -0.2) is 9.59 Å². The van der Waals surface area contributed by atoms with Gasteiger partial charge in [0.25, 0.3) is 11.8 Å². The molecular weight excluding hydrogens is 618 g/mol. The zero-order chi connectivity index (χ0) is 33.9. The summed E-state index contributed by atoms with van der Waals surface area (Å²) < 4.78 is 4.83. The van der Waals surface area contributed by atoms with Crippen molar-refractivity contribution in [2.24, 2.45) is 11.5 Å². The summed E-state index contributed by atoms with van der Waals surface area (Å²) in [6.45, 7) is 0.872. The van der Waals surface area contributed by atoms with E-state index in [1.165, 1.54) is 12.2 Å². The number of carbonyl (C=O) groups is 7. The van der Waals surface area contributed by atoms with E-state index in [4.69, 9.17) is 16.2 Å². The summed E-state index contributed by atoms with van der Waals surface area (Å²) in [6, 6.07) is 3.89. The highest BCUT2D eigenvalue weighted by atomic mass is 32.1. The first-order valence-corrected chi connectivity index (χ1v) is 15.6. The number of nitrogens with one attached hydrogen (secondary N) is 4. The standard InChI is InChI=1S/C30H43N7O8S/c31-16-4-3-7-22(35-24(38)9-2-1-5-18-37-25(39)14-15-26(37)40)28(42)36-23(8-6-17-33-29(32)43)27(41)34-21-12-10-20(11-13-21)19-45-30(44)46/h10-15,22-23H,1-9,16-19,31H2,(H,34,41)(H,35,38)(H,36,42)(H,44,46)(H3,32,33,43)/t22-,23-/m0/s1. The molecule has 0 fully saturated rings. The molecule has 1 aromatic carbocycles. The minimum absolute atomic E-state index is 0.0116. The highest BCUT2D eigenvalue weighted by Gasteiger charge is 2.27. The van der Waals surface area contributed by atoms with Crippen molar-refractivity contribution >= 4 is 59.2 Å². The number of carbonyl (C=O) groups excluding carboxylic acids is 7. The summed E-state index contributed by atoms with van der Waals surface area (Å²) in [4.78, 5) is 85.8. The van der Waals surface area contributed by atoms with E-state index in [-0.39, 0.29) is 50.3 Å². The Bertz CT molecular complexity index is 1240. The number of hydrogen-bond acceptors (Lipinski definition) is 9. The Kier molecular flexibility index (Phi) is 16.9. The van der Waals surface area contributed by atoms with Gasteiger partial charge in [0.05, 0.1) is 0 Å². The van der Waals surface area contributed by atoms with Crippen LogP contribution >= 0.6 is 12.6 Å². The van der Waals surface area contributed by atoms with Gasteiger partial charge in [0, 0.05) is 37.3 Å². The lowest BCUT2D eigenvalue weighted by atomic mass is 10.1. The van der Waals surface area contributed by atoms with Gasteiger partial charge in [-0.05, 0) is 69.2 Å². The summed E-state index contributed by atoms with van der Waals surface area (Å²) in [7, 11) is 0. The number of unbranched alkanes of at least 4 members (excludes halogenated alkanes) is 3. The first-order chi connectivity index (χ1) is 22.0. The molecular formula is C30H43N7O8S. The largest absolute Gasteiger partial charge is 0.453 e. The van der Waals surface area contributed by atoms with E-state index < -0.39 is 35.2 Å². The first-order valence-electron chi connectivity index (χ1n) is 15.1. The van der Waals surface area contributed by atoms with Gasteiger partial charge in [-0.15, -0.1) is 0 Å². The number of nitrogens with zero attached hydrogens (tertiary/aromatic N) is 1. The van der Waals surface area contributed by atoms with Crippen LogP contribution in [0.3, 0.4) is 0 Å². The molecule has 8 N–H and O–H groups in total. The molecule has 0 unspecified atom stereocenters. The molecule has 2 atom stereocenters. The van der Waals surface area contributed by atoms with E-state index in [0.29, 0.717) is 62.7 Å². The van der Waals surface area contributed by atoms with E-state index in [9.17, 15) is 33.6 Å². The van der Waals surface area contributed by atoms with Crippen molar-refractivity contribution in [2.75, 3.05) is 25.0 Å². The van der Waals surface area contributed by atoms with E-state index >= 15 is 0 Å². The lowest BCUT2D eigenvalue weighted by Crippen LogP contribution is -2.52. The Balaban J connectivity index is 1.98. The van der Waals surface area contributed by atoms with Crippen molar-refractivity contribution in [1.82, 2.24) is 20.9 Å². The molecule has 1 aliphatic rings. The molecule has 1 aromatic rings. The van der Waals surface area contributed by atoms with Gasteiger partial charge >= 0.3 is 11.3 Å². The van der Waals surface area contributed by atoms with Gasteiger partial charge in [-0.2, -0.15) is 0 Å². The predicted molar refractivity (Wildman–Crippen MR) is 172 cm³/mol. The summed E-state index contributed by atoms with van der Waals surface area (Å²) in [6.07, 6.45) is 6.19. The SMILES string of the molecule is NCCCC[C@H](NC(=O)CCCCCN1C(=O)C=CC1=O)C(=O)N[C@@H](CCCNC(N)=O)C(=O)Nc1ccc(COC(=O)S)cc1. The molecule has 0 saturated carbocycles. The number of urea groups is 1. The van der Waals surface area contributed by atoms with Crippen molar-refractivity contribution in [1.29, 1.82) is 0 Å². The normalized spacial score (nSPS) is 13.6. The quantitative estimate of drug-likeness (QED) is 0.0434. The molecule has 16 heteroatoms. The van der Waals surface area contributed by atoms with Crippen molar-refractivity contribution in [3.63, 3.8) is 0 Å². The number of anilines is 1. The van der Waals surface area contributed by atoms with Gasteiger partial charge in [-0.3, -0.25) is 28.9 Å². The summed E-state index contributed by atoms with van der Waals surface area (Å²) in [5, 5.41) is 9.96. The molecule has 1 heterocycles. The fraction of sp³-hybridized carbons (Fsp3) is 0.500. The minimum Gasteiger partial charge on any atom is -0.453 e. The van der Waals surface area contributed by atoms with E-state index in [0.717, 1.165) is 4.90 Å². The molecule has 0 aromatic heterocycles. The lowest BCUT2D eigenvalue weighted by Gasteiger charge is -2.23. The highest BCUT2D eigenvalue weighted by molar-refractivity contribution is 7.96. The number of hydrogen-bond donors (Lipinski definition) is 7. The third-order valence-corrected chi connectivity index (χ3v) is 7.10. The smallest absolute Gasteiger partial charge is 0.364 e. The molecule has 0 radical (unpaired) electrons. The van der Waals surface area contributed by atoms with Crippen LogP contribution < -0.4 is 32.7 Å². The Labute approximate surface area is 273 Å². The molecule has 252 valence electrons. The van der Waals surface area contributed by atoms with E-state index in [1.54, 1.807) is 24.3 Å². The fourth-order valence-electron chi connectivity index (χ4n) is 4.53. The Morgan fingerprint density at radius 2 is 1.48 bits per heavy atom. The number of amides is 7. The topological polar surface area (TPSA) is 232 Å². The molecule has 2 rings (SSSR count). The second kappa shape index (κ2) is 20.6. The molecule has 7 amide bonds. The molecule has 0 bridgehead atoms. The molecule has 0 spiro atoms. The molecule has 1 aliphatic heterocycles. The Morgan fingerprint density at radius 3 is 2.11 bits per heavy atom. The first kappa shape index (κ1) is 37.7. The van der Waals surface area contributed by atoms with Crippen LogP contribution in [0.25, 0.3) is 0 Å². The van der Waals surface area contributed by atoms with Crippen molar-refractivity contribution in [3.05, 3.63) is 42.0 Å². The maximum atomic E-state index is 13.4. The minimum atomic E-state index is -1.01. The van der Waals surface area contributed by atoms with Crippen molar-refractivity contribution < 1.29 is 38.3 Å². The molecule has 0 saturated heterocycles. The molecule has 0 aliphatic carbocycles. The number of rotatable bonds is 21. The highest BCUT2D eigenvalue weighted by Crippen LogP contribution is 2.13. The van der Waals surface area contributed by atoms with Crippen LogP contribution in [0.15, 0.2) is 36.4 Å². The zero-order valence-corrected chi connectivity index (χ0v) is 26.5. The number of thiol groups is 1. The van der Waals surface area contributed by atoms with Crippen molar-refractivity contribution in [2.45, 2.75) is 76.5 Å². The average Bonchev–Trinajstić information content (AvgIpc) is 3.33. The predicted octanol–water partition coefficient (Wildman–Crippen LogP) is 1.22. The summed E-state index contributed by atoms with van der Waals surface area (Å²) in [5.74, 6) is -2.11. The molecule has 15 nitrogen and oxygen atoms in total. The third kappa shape index (κ3) is 14.6. The fourth-order valence-corrected chi connectivity index (χ4v) is 4.59.